The molecule has 1 amide bonds. The van der Waals surface area contributed by atoms with Crippen LogP contribution >= 0.6 is 0 Å². The number of anilines is 1. The summed E-state index contributed by atoms with van der Waals surface area (Å²) in [6.45, 7) is 5.01. The highest BCUT2D eigenvalue weighted by Gasteiger charge is 2.17. The predicted octanol–water partition coefficient (Wildman–Crippen LogP) is 3.60. The second kappa shape index (κ2) is 7.87. The van der Waals surface area contributed by atoms with E-state index >= 15 is 0 Å². The summed E-state index contributed by atoms with van der Waals surface area (Å²) in [5.74, 6) is 1.05. The van der Waals surface area contributed by atoms with E-state index in [-0.39, 0.29) is 11.9 Å². The molecule has 0 heterocycles. The fourth-order valence-corrected chi connectivity index (χ4v) is 2.60. The first-order chi connectivity index (χ1) is 10.1. The zero-order valence-corrected chi connectivity index (χ0v) is 13.0. The molecular formula is C18H26N2O. The van der Waals surface area contributed by atoms with Gasteiger partial charge < -0.3 is 10.6 Å². The van der Waals surface area contributed by atoms with Crippen LogP contribution in [-0.4, -0.2) is 18.5 Å². The van der Waals surface area contributed by atoms with E-state index in [1.807, 2.05) is 18.2 Å². The van der Waals surface area contributed by atoms with Crippen molar-refractivity contribution in [2.24, 2.45) is 11.8 Å². The van der Waals surface area contributed by atoms with E-state index in [9.17, 15) is 4.79 Å². The van der Waals surface area contributed by atoms with Crippen LogP contribution in [-0.2, 0) is 4.79 Å². The molecule has 114 valence electrons. The molecule has 0 aromatic heterocycles. The maximum absolute atomic E-state index is 12.0. The number of allylic oxidation sites excluding steroid dienone is 2. The molecule has 0 spiro atoms. The fourth-order valence-electron chi connectivity index (χ4n) is 2.60. The van der Waals surface area contributed by atoms with E-state index in [0.29, 0.717) is 24.8 Å². The van der Waals surface area contributed by atoms with Crippen LogP contribution in [0.4, 0.5) is 5.69 Å². The molecule has 0 bridgehead atoms. The van der Waals surface area contributed by atoms with E-state index in [4.69, 9.17) is 0 Å². The highest BCUT2D eigenvalue weighted by atomic mass is 16.1. The summed E-state index contributed by atoms with van der Waals surface area (Å²) in [4.78, 5) is 12.0. The van der Waals surface area contributed by atoms with Crippen LogP contribution in [0.15, 0.2) is 42.5 Å². The van der Waals surface area contributed by atoms with Gasteiger partial charge in [0.1, 0.15) is 0 Å². The maximum atomic E-state index is 12.0. The molecule has 0 fully saturated rings. The Morgan fingerprint density at radius 1 is 1.29 bits per heavy atom. The third-order valence-electron chi connectivity index (χ3n) is 4.01. The molecular weight excluding hydrogens is 260 g/mol. The number of benzene rings is 1. The molecule has 2 unspecified atom stereocenters. The molecule has 3 heteroatoms. The zero-order valence-electron chi connectivity index (χ0n) is 13.0. The summed E-state index contributed by atoms with van der Waals surface area (Å²) < 4.78 is 0. The molecule has 2 N–H and O–H groups in total. The van der Waals surface area contributed by atoms with E-state index in [1.165, 1.54) is 0 Å². The number of rotatable bonds is 7. The van der Waals surface area contributed by atoms with Gasteiger partial charge in [0, 0.05) is 24.7 Å². The number of para-hydroxylation sites is 1. The molecule has 2 atom stereocenters. The number of nitrogens with one attached hydrogen (secondary N) is 2. The van der Waals surface area contributed by atoms with Crippen LogP contribution in [0.25, 0.3) is 0 Å². The summed E-state index contributed by atoms with van der Waals surface area (Å²) in [5.41, 5.74) is 1.10. The molecule has 1 aliphatic rings. The van der Waals surface area contributed by atoms with E-state index < -0.39 is 0 Å². The van der Waals surface area contributed by atoms with Crippen LogP contribution in [0.1, 0.15) is 33.1 Å². The standard InChI is InChI=1S/C18H26N2O/c1-14(2)17(20-16-10-4-3-5-11-16)13-19-18(21)12-15-8-6-7-9-15/h3-6,8,10-11,14-15,17,20H,7,9,12-13H2,1-2H3,(H,19,21). The van der Waals surface area contributed by atoms with Gasteiger partial charge in [-0.1, -0.05) is 44.2 Å². The molecule has 0 saturated heterocycles. The molecule has 0 aliphatic heterocycles. The van der Waals surface area contributed by atoms with E-state index in [2.05, 4.69) is 48.8 Å². The Balaban J connectivity index is 1.79. The lowest BCUT2D eigenvalue weighted by atomic mass is 10.0. The molecule has 0 radical (unpaired) electrons. The van der Waals surface area contributed by atoms with Crippen LogP contribution in [0, 0.1) is 11.8 Å². The first-order valence-electron chi connectivity index (χ1n) is 7.90. The highest BCUT2D eigenvalue weighted by Crippen LogP contribution is 2.20. The largest absolute Gasteiger partial charge is 0.380 e. The van der Waals surface area contributed by atoms with Gasteiger partial charge in [-0.15, -0.1) is 0 Å². The Hall–Kier alpha value is -1.77. The van der Waals surface area contributed by atoms with E-state index in [0.717, 1.165) is 18.5 Å². The minimum absolute atomic E-state index is 0.159. The van der Waals surface area contributed by atoms with Gasteiger partial charge >= 0.3 is 0 Å². The molecule has 1 aromatic carbocycles. The second-order valence-corrected chi connectivity index (χ2v) is 6.13. The minimum atomic E-state index is 0.159. The monoisotopic (exact) mass is 286 g/mol. The van der Waals surface area contributed by atoms with Gasteiger partial charge in [-0.25, -0.2) is 0 Å². The van der Waals surface area contributed by atoms with Crippen molar-refractivity contribution in [2.75, 3.05) is 11.9 Å². The average molecular weight is 286 g/mol. The highest BCUT2D eigenvalue weighted by molar-refractivity contribution is 5.76. The van der Waals surface area contributed by atoms with Crippen LogP contribution < -0.4 is 10.6 Å². The number of hydrogen-bond donors (Lipinski definition) is 2. The SMILES string of the molecule is CC(C)C(CNC(=O)CC1C=CCC1)Nc1ccccc1. The van der Waals surface area contributed by atoms with Crippen LogP contribution in [0.2, 0.25) is 0 Å². The fraction of sp³-hybridized carbons (Fsp3) is 0.500. The van der Waals surface area contributed by atoms with Crippen molar-refractivity contribution in [3.05, 3.63) is 42.5 Å². The molecule has 3 nitrogen and oxygen atoms in total. The van der Waals surface area contributed by atoms with Gasteiger partial charge in [-0.05, 0) is 36.8 Å². The van der Waals surface area contributed by atoms with Crippen molar-refractivity contribution in [1.82, 2.24) is 5.32 Å². The van der Waals surface area contributed by atoms with Gasteiger partial charge in [0.25, 0.3) is 0 Å². The van der Waals surface area contributed by atoms with Gasteiger partial charge in [-0.2, -0.15) is 0 Å². The number of carbonyl (C=O) groups excluding carboxylic acids is 1. The summed E-state index contributed by atoms with van der Waals surface area (Å²) in [6, 6.07) is 10.4. The van der Waals surface area contributed by atoms with Crippen molar-refractivity contribution in [3.8, 4) is 0 Å². The Labute approximate surface area is 127 Å². The summed E-state index contributed by atoms with van der Waals surface area (Å²) in [6.07, 6.45) is 7.19. The summed E-state index contributed by atoms with van der Waals surface area (Å²) >= 11 is 0. The van der Waals surface area contributed by atoms with Crippen molar-refractivity contribution in [2.45, 2.75) is 39.2 Å². The molecule has 1 aromatic rings. The lowest BCUT2D eigenvalue weighted by molar-refractivity contribution is -0.121. The third-order valence-corrected chi connectivity index (χ3v) is 4.01. The maximum Gasteiger partial charge on any atom is 0.220 e. The lowest BCUT2D eigenvalue weighted by Crippen LogP contribution is -2.40. The van der Waals surface area contributed by atoms with Gasteiger partial charge in [0.2, 0.25) is 5.91 Å². The predicted molar refractivity (Wildman–Crippen MR) is 88.2 cm³/mol. The first kappa shape index (κ1) is 15.6. The van der Waals surface area contributed by atoms with Crippen molar-refractivity contribution in [1.29, 1.82) is 0 Å². The zero-order chi connectivity index (χ0) is 15.1. The van der Waals surface area contributed by atoms with Gasteiger partial charge in [0.05, 0.1) is 0 Å². The molecule has 2 rings (SSSR count). The normalized spacial score (nSPS) is 18.7. The van der Waals surface area contributed by atoms with Gasteiger partial charge in [0.15, 0.2) is 0 Å². The minimum Gasteiger partial charge on any atom is -0.380 e. The molecule has 21 heavy (non-hydrogen) atoms. The topological polar surface area (TPSA) is 41.1 Å². The second-order valence-electron chi connectivity index (χ2n) is 6.13. The van der Waals surface area contributed by atoms with Crippen LogP contribution in [0.3, 0.4) is 0 Å². The first-order valence-corrected chi connectivity index (χ1v) is 7.90. The lowest BCUT2D eigenvalue weighted by Gasteiger charge is -2.24. The number of amides is 1. The number of carbonyl (C=O) groups is 1. The Morgan fingerprint density at radius 2 is 2.05 bits per heavy atom. The van der Waals surface area contributed by atoms with E-state index in [1.54, 1.807) is 0 Å². The summed E-state index contributed by atoms with van der Waals surface area (Å²) in [5, 5.41) is 6.57. The number of hydrogen-bond acceptors (Lipinski definition) is 2. The Kier molecular flexibility index (Phi) is 5.85. The average Bonchev–Trinajstić information content (AvgIpc) is 2.97. The molecule has 0 saturated carbocycles. The quantitative estimate of drug-likeness (QED) is 0.752. The smallest absolute Gasteiger partial charge is 0.220 e. The van der Waals surface area contributed by atoms with Crippen LogP contribution in [0.5, 0.6) is 0 Å². The van der Waals surface area contributed by atoms with Crippen molar-refractivity contribution >= 4 is 11.6 Å². The summed E-state index contributed by atoms with van der Waals surface area (Å²) in [7, 11) is 0. The van der Waals surface area contributed by atoms with Crippen molar-refractivity contribution < 1.29 is 4.79 Å². The Morgan fingerprint density at radius 3 is 2.67 bits per heavy atom. The third kappa shape index (κ3) is 5.25. The Bertz CT molecular complexity index is 467. The van der Waals surface area contributed by atoms with Gasteiger partial charge in [-0.3, -0.25) is 4.79 Å². The van der Waals surface area contributed by atoms with Crippen molar-refractivity contribution in [3.63, 3.8) is 0 Å². The molecule has 1 aliphatic carbocycles.